The summed E-state index contributed by atoms with van der Waals surface area (Å²) in [6.45, 7) is 8.49. The highest BCUT2D eigenvalue weighted by Gasteiger charge is 1.98. The van der Waals surface area contributed by atoms with Gasteiger partial charge in [-0.05, 0) is 6.92 Å². The molecule has 0 spiro atoms. The van der Waals surface area contributed by atoms with Crippen LogP contribution in [0.25, 0.3) is 0 Å². The first-order valence-corrected chi connectivity index (χ1v) is 5.64. The molecule has 0 saturated heterocycles. The SMILES string of the molecule is CCOc1cncc(NCCNC(C)C)n1. The summed E-state index contributed by atoms with van der Waals surface area (Å²) in [6, 6.07) is 0.502. The van der Waals surface area contributed by atoms with E-state index in [9.17, 15) is 0 Å². The van der Waals surface area contributed by atoms with Gasteiger partial charge in [0.05, 0.1) is 19.0 Å². The van der Waals surface area contributed by atoms with Crippen molar-refractivity contribution in [1.29, 1.82) is 0 Å². The Hall–Kier alpha value is -1.36. The van der Waals surface area contributed by atoms with E-state index < -0.39 is 0 Å². The molecule has 5 nitrogen and oxygen atoms in total. The molecule has 2 N–H and O–H groups in total. The number of hydrogen-bond donors (Lipinski definition) is 2. The van der Waals surface area contributed by atoms with Crippen molar-refractivity contribution in [3.8, 4) is 5.88 Å². The molecule has 0 bridgehead atoms. The summed E-state index contributed by atoms with van der Waals surface area (Å²) in [4.78, 5) is 8.30. The Morgan fingerprint density at radius 2 is 2.12 bits per heavy atom. The molecule has 0 fully saturated rings. The zero-order valence-electron chi connectivity index (χ0n) is 10.2. The lowest BCUT2D eigenvalue weighted by Crippen LogP contribution is -2.28. The first-order valence-electron chi connectivity index (χ1n) is 5.64. The first kappa shape index (κ1) is 12.7. The van der Waals surface area contributed by atoms with Crippen LogP contribution in [0, 0.1) is 0 Å². The molecule has 5 heteroatoms. The second-order valence-electron chi connectivity index (χ2n) is 3.71. The smallest absolute Gasteiger partial charge is 0.234 e. The van der Waals surface area contributed by atoms with Gasteiger partial charge in [0.15, 0.2) is 0 Å². The van der Waals surface area contributed by atoms with Crippen LogP contribution < -0.4 is 15.4 Å². The number of rotatable bonds is 7. The summed E-state index contributed by atoms with van der Waals surface area (Å²) in [7, 11) is 0. The van der Waals surface area contributed by atoms with Gasteiger partial charge in [0.1, 0.15) is 5.82 Å². The van der Waals surface area contributed by atoms with Crippen molar-refractivity contribution in [2.75, 3.05) is 25.0 Å². The molecule has 0 atom stereocenters. The lowest BCUT2D eigenvalue weighted by atomic mass is 10.4. The third kappa shape index (κ3) is 4.93. The van der Waals surface area contributed by atoms with E-state index in [4.69, 9.17) is 4.74 Å². The summed E-state index contributed by atoms with van der Waals surface area (Å²) in [5, 5.41) is 6.50. The van der Waals surface area contributed by atoms with E-state index in [2.05, 4.69) is 34.4 Å². The van der Waals surface area contributed by atoms with Gasteiger partial charge in [-0.2, -0.15) is 4.98 Å². The molecule has 90 valence electrons. The van der Waals surface area contributed by atoms with Crippen molar-refractivity contribution >= 4 is 5.82 Å². The van der Waals surface area contributed by atoms with Gasteiger partial charge in [-0.3, -0.25) is 4.98 Å². The van der Waals surface area contributed by atoms with Gasteiger partial charge in [-0.15, -0.1) is 0 Å². The second kappa shape index (κ2) is 7.00. The van der Waals surface area contributed by atoms with Crippen LogP contribution in [0.15, 0.2) is 12.4 Å². The molecule has 0 saturated carbocycles. The van der Waals surface area contributed by atoms with Crippen LogP contribution in [-0.2, 0) is 0 Å². The lowest BCUT2D eigenvalue weighted by molar-refractivity contribution is 0.325. The minimum atomic E-state index is 0.502. The Kier molecular flexibility index (Phi) is 5.56. The van der Waals surface area contributed by atoms with Gasteiger partial charge < -0.3 is 15.4 Å². The van der Waals surface area contributed by atoms with Gasteiger partial charge in [0.25, 0.3) is 0 Å². The topological polar surface area (TPSA) is 59.1 Å². The number of anilines is 1. The van der Waals surface area contributed by atoms with Gasteiger partial charge in [-0.25, -0.2) is 0 Å². The van der Waals surface area contributed by atoms with Gasteiger partial charge in [-0.1, -0.05) is 13.8 Å². The number of ether oxygens (including phenoxy) is 1. The number of nitrogens with one attached hydrogen (secondary N) is 2. The average molecular weight is 224 g/mol. The summed E-state index contributed by atoms with van der Waals surface area (Å²) in [6.07, 6.45) is 3.30. The van der Waals surface area contributed by atoms with E-state index in [1.54, 1.807) is 12.4 Å². The van der Waals surface area contributed by atoms with Gasteiger partial charge in [0.2, 0.25) is 5.88 Å². The minimum absolute atomic E-state index is 0.502. The van der Waals surface area contributed by atoms with Crippen LogP contribution in [0.4, 0.5) is 5.82 Å². The van der Waals surface area contributed by atoms with E-state index in [-0.39, 0.29) is 0 Å². The van der Waals surface area contributed by atoms with Crippen molar-refractivity contribution in [1.82, 2.24) is 15.3 Å². The maximum absolute atomic E-state index is 5.26. The third-order valence-corrected chi connectivity index (χ3v) is 1.89. The molecule has 0 aromatic carbocycles. The molecule has 1 aromatic rings. The summed E-state index contributed by atoms with van der Waals surface area (Å²) < 4.78 is 5.26. The Morgan fingerprint density at radius 3 is 2.81 bits per heavy atom. The van der Waals surface area contributed by atoms with E-state index >= 15 is 0 Å². The number of hydrogen-bond acceptors (Lipinski definition) is 5. The highest BCUT2D eigenvalue weighted by molar-refractivity contribution is 5.33. The standard InChI is InChI=1S/C11H20N4O/c1-4-16-11-8-12-7-10(15-11)14-6-5-13-9(2)3/h7-9,13H,4-6H2,1-3H3,(H,14,15). The Labute approximate surface area is 96.6 Å². The lowest BCUT2D eigenvalue weighted by Gasteiger charge is -2.09. The van der Waals surface area contributed by atoms with Crippen molar-refractivity contribution < 1.29 is 4.74 Å². The van der Waals surface area contributed by atoms with Crippen LogP contribution >= 0.6 is 0 Å². The fourth-order valence-corrected chi connectivity index (χ4v) is 1.20. The summed E-state index contributed by atoms with van der Waals surface area (Å²) in [5.74, 6) is 1.31. The largest absolute Gasteiger partial charge is 0.477 e. The van der Waals surface area contributed by atoms with Crippen LogP contribution in [-0.4, -0.2) is 35.7 Å². The maximum Gasteiger partial charge on any atom is 0.234 e. The van der Waals surface area contributed by atoms with Crippen LogP contribution in [0.2, 0.25) is 0 Å². The Morgan fingerprint density at radius 1 is 1.31 bits per heavy atom. The highest BCUT2D eigenvalue weighted by Crippen LogP contribution is 2.07. The second-order valence-corrected chi connectivity index (χ2v) is 3.71. The fraction of sp³-hybridized carbons (Fsp3) is 0.636. The van der Waals surface area contributed by atoms with Crippen LogP contribution in [0.5, 0.6) is 5.88 Å². The maximum atomic E-state index is 5.26. The van der Waals surface area contributed by atoms with Gasteiger partial charge >= 0.3 is 0 Å². The molecule has 1 heterocycles. The van der Waals surface area contributed by atoms with Crippen molar-refractivity contribution in [2.24, 2.45) is 0 Å². The van der Waals surface area contributed by atoms with Crippen LogP contribution in [0.3, 0.4) is 0 Å². The summed E-state index contributed by atoms with van der Waals surface area (Å²) in [5.41, 5.74) is 0. The molecule has 1 rings (SSSR count). The van der Waals surface area contributed by atoms with E-state index in [0.29, 0.717) is 18.5 Å². The predicted molar refractivity (Wildman–Crippen MR) is 64.8 cm³/mol. The van der Waals surface area contributed by atoms with E-state index in [0.717, 1.165) is 18.9 Å². The normalized spacial score (nSPS) is 10.5. The molecular weight excluding hydrogens is 204 g/mol. The summed E-state index contributed by atoms with van der Waals surface area (Å²) >= 11 is 0. The molecule has 0 aliphatic carbocycles. The van der Waals surface area contributed by atoms with E-state index in [1.807, 2.05) is 6.92 Å². The van der Waals surface area contributed by atoms with E-state index in [1.165, 1.54) is 0 Å². The molecule has 0 unspecified atom stereocenters. The van der Waals surface area contributed by atoms with Crippen molar-refractivity contribution in [3.63, 3.8) is 0 Å². The fourth-order valence-electron chi connectivity index (χ4n) is 1.20. The van der Waals surface area contributed by atoms with Crippen LogP contribution in [0.1, 0.15) is 20.8 Å². The zero-order chi connectivity index (χ0) is 11.8. The predicted octanol–water partition coefficient (Wildman–Crippen LogP) is 1.29. The molecule has 16 heavy (non-hydrogen) atoms. The molecule has 1 aromatic heterocycles. The number of nitrogens with zero attached hydrogens (tertiary/aromatic N) is 2. The quantitative estimate of drug-likeness (QED) is 0.683. The monoisotopic (exact) mass is 224 g/mol. The Balaban J connectivity index is 2.33. The molecule has 0 amide bonds. The molecule has 0 aliphatic rings. The minimum Gasteiger partial charge on any atom is -0.477 e. The Bertz CT molecular complexity index is 304. The molecule has 0 radical (unpaired) electrons. The highest BCUT2D eigenvalue weighted by atomic mass is 16.5. The van der Waals surface area contributed by atoms with Crippen molar-refractivity contribution in [2.45, 2.75) is 26.8 Å². The molecule has 0 aliphatic heterocycles. The first-order chi connectivity index (χ1) is 7.72. The van der Waals surface area contributed by atoms with Gasteiger partial charge in [0, 0.05) is 19.1 Å². The third-order valence-electron chi connectivity index (χ3n) is 1.89. The number of aromatic nitrogens is 2. The molecular formula is C11H20N4O. The van der Waals surface area contributed by atoms with Crippen molar-refractivity contribution in [3.05, 3.63) is 12.4 Å². The zero-order valence-corrected chi connectivity index (χ0v) is 10.2. The average Bonchev–Trinajstić information content (AvgIpc) is 2.25.